The zero-order chi connectivity index (χ0) is 22.5. The van der Waals surface area contributed by atoms with Gasteiger partial charge in [-0.25, -0.2) is 4.98 Å². The lowest BCUT2D eigenvalue weighted by atomic mass is 9.95. The van der Waals surface area contributed by atoms with Crippen LogP contribution in [0, 0.1) is 0 Å². The first-order valence-corrected chi connectivity index (χ1v) is 12.4. The lowest BCUT2D eigenvalue weighted by Gasteiger charge is -2.23. The minimum Gasteiger partial charge on any atom is -0.356 e. The number of benzene rings is 2. The van der Waals surface area contributed by atoms with E-state index in [1.54, 1.807) is 0 Å². The summed E-state index contributed by atoms with van der Waals surface area (Å²) >= 11 is 0. The van der Waals surface area contributed by atoms with Gasteiger partial charge in [0.25, 0.3) is 0 Å². The summed E-state index contributed by atoms with van der Waals surface area (Å²) in [5.41, 5.74) is 5.64. The first-order valence-electron chi connectivity index (χ1n) is 12.4. The van der Waals surface area contributed by atoms with Crippen LogP contribution in [0.4, 0.5) is 17.3 Å². The molecule has 1 saturated carbocycles. The van der Waals surface area contributed by atoms with Gasteiger partial charge in [-0.05, 0) is 49.1 Å². The summed E-state index contributed by atoms with van der Waals surface area (Å²) in [5.74, 6) is 0.736. The van der Waals surface area contributed by atoms with Gasteiger partial charge >= 0.3 is 0 Å². The van der Waals surface area contributed by atoms with Crippen LogP contribution in [0.1, 0.15) is 57.9 Å². The van der Waals surface area contributed by atoms with Gasteiger partial charge in [0.1, 0.15) is 5.65 Å². The molecule has 33 heavy (non-hydrogen) atoms. The quantitative estimate of drug-likeness (QED) is 0.278. The van der Waals surface area contributed by atoms with E-state index >= 15 is 0 Å². The lowest BCUT2D eigenvalue weighted by Crippen LogP contribution is -2.13. The van der Waals surface area contributed by atoms with E-state index < -0.39 is 0 Å². The van der Waals surface area contributed by atoms with Crippen molar-refractivity contribution in [1.29, 1.82) is 0 Å². The van der Waals surface area contributed by atoms with Crippen LogP contribution < -0.4 is 10.6 Å². The number of fused-ring (bicyclic) bond motifs is 1. The van der Waals surface area contributed by atoms with Gasteiger partial charge in [0.05, 0.1) is 0 Å². The van der Waals surface area contributed by atoms with Gasteiger partial charge in [-0.2, -0.15) is 4.98 Å². The van der Waals surface area contributed by atoms with Crippen LogP contribution in [0.2, 0.25) is 0 Å². The molecule has 5 rings (SSSR count). The van der Waals surface area contributed by atoms with Gasteiger partial charge in [-0.15, -0.1) is 0 Å². The van der Waals surface area contributed by atoms with E-state index in [4.69, 9.17) is 4.98 Å². The standard InChI is InChI=1S/C28H33N5/c1-2-3-18-29-28-30-19-25-26(20-33(27(25)32-28)24-12-8-5-9-13-24)21-14-16-23(17-15-21)31-22-10-6-4-7-11-22/h4,6-7,10-11,14-17,19-20,24,31H,2-3,5,8-9,12-13,18H2,1H3,(H,29,30,32). The van der Waals surface area contributed by atoms with Crippen molar-refractivity contribution in [3.63, 3.8) is 0 Å². The Morgan fingerprint density at radius 1 is 0.939 bits per heavy atom. The van der Waals surface area contributed by atoms with Crippen LogP contribution >= 0.6 is 0 Å². The summed E-state index contributed by atoms with van der Waals surface area (Å²) in [5, 5.41) is 8.00. The van der Waals surface area contributed by atoms with Crippen molar-refractivity contribution >= 4 is 28.4 Å². The first kappa shape index (κ1) is 21.5. The fraction of sp³-hybridized carbons (Fsp3) is 0.357. The number of para-hydroxylation sites is 1. The summed E-state index contributed by atoms with van der Waals surface area (Å²) in [6.07, 6.45) is 13.0. The number of nitrogens with zero attached hydrogens (tertiary/aromatic N) is 3. The third kappa shape index (κ3) is 4.87. The molecular formula is C28H33N5. The fourth-order valence-corrected chi connectivity index (χ4v) is 4.78. The van der Waals surface area contributed by atoms with Gasteiger partial charge in [-0.1, -0.05) is 62.9 Å². The third-order valence-corrected chi connectivity index (χ3v) is 6.61. The Balaban J connectivity index is 1.47. The topological polar surface area (TPSA) is 54.8 Å². The zero-order valence-corrected chi connectivity index (χ0v) is 19.4. The molecule has 0 aliphatic heterocycles. The minimum absolute atomic E-state index is 0.521. The predicted octanol–water partition coefficient (Wildman–Crippen LogP) is 7.56. The molecule has 0 spiro atoms. The van der Waals surface area contributed by atoms with Crippen molar-refractivity contribution in [3.05, 3.63) is 67.0 Å². The predicted molar refractivity (Wildman–Crippen MR) is 138 cm³/mol. The van der Waals surface area contributed by atoms with Crippen LogP contribution in [0.25, 0.3) is 22.2 Å². The Kier molecular flexibility index (Phi) is 6.56. The lowest BCUT2D eigenvalue weighted by molar-refractivity contribution is 0.360. The molecule has 170 valence electrons. The van der Waals surface area contributed by atoms with Crippen molar-refractivity contribution in [1.82, 2.24) is 14.5 Å². The van der Waals surface area contributed by atoms with E-state index in [0.29, 0.717) is 6.04 Å². The minimum atomic E-state index is 0.521. The summed E-state index contributed by atoms with van der Waals surface area (Å²) in [7, 11) is 0. The van der Waals surface area contributed by atoms with Crippen LogP contribution in [-0.4, -0.2) is 21.1 Å². The molecule has 0 amide bonds. The van der Waals surface area contributed by atoms with Crippen molar-refractivity contribution in [3.8, 4) is 11.1 Å². The van der Waals surface area contributed by atoms with E-state index in [1.165, 1.54) is 43.2 Å². The number of rotatable bonds is 8. The molecule has 0 radical (unpaired) electrons. The maximum atomic E-state index is 4.97. The number of hydrogen-bond donors (Lipinski definition) is 2. The second kappa shape index (κ2) is 10.1. The van der Waals surface area contributed by atoms with Crippen molar-refractivity contribution in [2.75, 3.05) is 17.2 Å². The highest BCUT2D eigenvalue weighted by Gasteiger charge is 2.21. The summed E-state index contributed by atoms with van der Waals surface area (Å²) in [4.78, 5) is 9.62. The number of nitrogens with one attached hydrogen (secondary N) is 2. The Morgan fingerprint density at radius 3 is 2.45 bits per heavy atom. The molecule has 1 aliphatic carbocycles. The van der Waals surface area contributed by atoms with Crippen molar-refractivity contribution in [2.45, 2.75) is 57.9 Å². The molecule has 2 aromatic carbocycles. The fourth-order valence-electron chi connectivity index (χ4n) is 4.78. The molecule has 0 unspecified atom stereocenters. The second-order valence-electron chi connectivity index (χ2n) is 9.02. The van der Waals surface area contributed by atoms with Crippen molar-refractivity contribution in [2.24, 2.45) is 0 Å². The Hall–Kier alpha value is -3.34. The van der Waals surface area contributed by atoms with E-state index in [0.717, 1.165) is 47.7 Å². The average molecular weight is 440 g/mol. The van der Waals surface area contributed by atoms with Gasteiger partial charge < -0.3 is 15.2 Å². The van der Waals surface area contributed by atoms with E-state index in [-0.39, 0.29) is 0 Å². The number of aromatic nitrogens is 3. The SMILES string of the molecule is CCCCNc1ncc2c(-c3ccc(Nc4ccccc4)cc3)cn(C3CCCCC3)c2n1. The largest absolute Gasteiger partial charge is 0.356 e. The normalized spacial score (nSPS) is 14.5. The number of anilines is 3. The third-order valence-electron chi connectivity index (χ3n) is 6.61. The van der Waals surface area contributed by atoms with Gasteiger partial charge in [0.15, 0.2) is 0 Å². The molecule has 2 N–H and O–H groups in total. The second-order valence-corrected chi connectivity index (χ2v) is 9.02. The summed E-state index contributed by atoms with van der Waals surface area (Å²) in [6, 6.07) is 19.5. The molecule has 4 aromatic rings. The molecule has 0 bridgehead atoms. The van der Waals surface area contributed by atoms with E-state index in [9.17, 15) is 0 Å². The van der Waals surface area contributed by atoms with Crippen molar-refractivity contribution < 1.29 is 0 Å². The summed E-state index contributed by atoms with van der Waals surface area (Å²) in [6.45, 7) is 3.11. The van der Waals surface area contributed by atoms with Gasteiger partial charge in [-0.3, -0.25) is 0 Å². The molecule has 0 saturated heterocycles. The van der Waals surface area contributed by atoms with Crippen LogP contribution in [0.3, 0.4) is 0 Å². The Bertz CT molecular complexity index is 1170. The highest BCUT2D eigenvalue weighted by atomic mass is 15.2. The van der Waals surface area contributed by atoms with Crippen LogP contribution in [-0.2, 0) is 0 Å². The van der Waals surface area contributed by atoms with Gasteiger partial charge in [0.2, 0.25) is 5.95 Å². The maximum Gasteiger partial charge on any atom is 0.224 e. The Labute approximate surface area is 196 Å². The van der Waals surface area contributed by atoms with E-state index in [1.807, 2.05) is 24.4 Å². The summed E-state index contributed by atoms with van der Waals surface area (Å²) < 4.78 is 2.42. The zero-order valence-electron chi connectivity index (χ0n) is 19.4. The smallest absolute Gasteiger partial charge is 0.224 e. The van der Waals surface area contributed by atoms with E-state index in [2.05, 4.69) is 69.7 Å². The maximum absolute atomic E-state index is 4.97. The Morgan fingerprint density at radius 2 is 1.70 bits per heavy atom. The molecule has 1 aliphatic rings. The highest BCUT2D eigenvalue weighted by molar-refractivity contribution is 5.94. The van der Waals surface area contributed by atoms with Gasteiger partial charge in [0, 0.05) is 47.3 Å². The first-order chi connectivity index (χ1) is 16.3. The molecule has 0 atom stereocenters. The molecule has 5 nitrogen and oxygen atoms in total. The molecule has 1 fully saturated rings. The van der Waals surface area contributed by atoms with Crippen LogP contribution in [0.15, 0.2) is 67.0 Å². The average Bonchev–Trinajstić information content (AvgIpc) is 3.25. The molecule has 5 heteroatoms. The number of hydrogen-bond acceptors (Lipinski definition) is 4. The molecular weight excluding hydrogens is 406 g/mol. The van der Waals surface area contributed by atoms with Crippen LogP contribution in [0.5, 0.6) is 0 Å². The number of unbranched alkanes of at least 4 members (excludes halogenated alkanes) is 1. The highest BCUT2D eigenvalue weighted by Crippen LogP contribution is 2.37. The molecule has 2 heterocycles. The molecule has 2 aromatic heterocycles. The monoisotopic (exact) mass is 439 g/mol.